The van der Waals surface area contributed by atoms with Crippen molar-refractivity contribution in [3.63, 3.8) is 0 Å². The van der Waals surface area contributed by atoms with Crippen molar-refractivity contribution >= 4 is 31.9 Å². The molecule has 1 atom stereocenters. The highest BCUT2D eigenvalue weighted by molar-refractivity contribution is 9.11. The average Bonchev–Trinajstić information content (AvgIpc) is 2.17. The minimum absolute atomic E-state index is 0.144. The van der Waals surface area contributed by atoms with Gasteiger partial charge in [-0.15, -0.1) is 0 Å². The highest BCUT2D eigenvalue weighted by Gasteiger charge is 2.05. The van der Waals surface area contributed by atoms with E-state index in [0.29, 0.717) is 6.61 Å². The fraction of sp³-hybridized carbons (Fsp3) is 0.400. The lowest BCUT2D eigenvalue weighted by Gasteiger charge is -2.14. The van der Waals surface area contributed by atoms with Gasteiger partial charge in [0, 0.05) is 4.47 Å². The molecule has 1 unspecified atom stereocenters. The molecular formula is C10H13Br2NO2. The standard InChI is InChI=1S/C10H13Br2NO2/c1-7(13-14-2)6-15-10-4-3-8(11)5-9(10)12/h3-5,7,13H,6H2,1-2H3. The summed E-state index contributed by atoms with van der Waals surface area (Å²) in [6.45, 7) is 2.53. The summed E-state index contributed by atoms with van der Waals surface area (Å²) in [6, 6.07) is 5.94. The first-order valence-electron chi connectivity index (χ1n) is 4.50. The summed E-state index contributed by atoms with van der Waals surface area (Å²) in [6.07, 6.45) is 0. The molecule has 0 aliphatic rings. The van der Waals surface area contributed by atoms with Crippen LogP contribution in [-0.2, 0) is 4.84 Å². The second kappa shape index (κ2) is 6.48. The second-order valence-electron chi connectivity index (χ2n) is 3.11. The lowest BCUT2D eigenvalue weighted by atomic mass is 10.3. The molecule has 0 bridgehead atoms. The van der Waals surface area contributed by atoms with Gasteiger partial charge in [-0.3, -0.25) is 0 Å². The van der Waals surface area contributed by atoms with Crippen LogP contribution in [0.4, 0.5) is 0 Å². The normalized spacial score (nSPS) is 12.5. The van der Waals surface area contributed by atoms with Crippen molar-refractivity contribution in [2.24, 2.45) is 0 Å². The van der Waals surface area contributed by atoms with Gasteiger partial charge in [-0.2, -0.15) is 5.48 Å². The van der Waals surface area contributed by atoms with E-state index in [9.17, 15) is 0 Å². The third kappa shape index (κ3) is 4.51. The van der Waals surface area contributed by atoms with Crippen molar-refractivity contribution in [3.8, 4) is 5.75 Å². The van der Waals surface area contributed by atoms with Gasteiger partial charge >= 0.3 is 0 Å². The topological polar surface area (TPSA) is 30.5 Å². The molecule has 1 N–H and O–H groups in total. The average molecular weight is 339 g/mol. The van der Waals surface area contributed by atoms with Crippen LogP contribution in [0.25, 0.3) is 0 Å². The van der Waals surface area contributed by atoms with E-state index in [2.05, 4.69) is 37.3 Å². The van der Waals surface area contributed by atoms with E-state index in [4.69, 9.17) is 9.57 Å². The van der Waals surface area contributed by atoms with Crippen LogP contribution in [0, 0.1) is 0 Å². The van der Waals surface area contributed by atoms with Gasteiger partial charge in [0.1, 0.15) is 12.4 Å². The highest BCUT2D eigenvalue weighted by Crippen LogP contribution is 2.28. The molecule has 0 heterocycles. The Hall–Kier alpha value is -0.100. The van der Waals surface area contributed by atoms with Crippen LogP contribution < -0.4 is 10.2 Å². The van der Waals surface area contributed by atoms with Crippen LogP contribution in [0.3, 0.4) is 0 Å². The van der Waals surface area contributed by atoms with E-state index in [1.807, 2.05) is 25.1 Å². The molecule has 15 heavy (non-hydrogen) atoms. The molecule has 84 valence electrons. The molecule has 5 heteroatoms. The first-order chi connectivity index (χ1) is 7.13. The van der Waals surface area contributed by atoms with Crippen molar-refractivity contribution in [2.75, 3.05) is 13.7 Å². The quantitative estimate of drug-likeness (QED) is 0.837. The Balaban J connectivity index is 2.50. The van der Waals surface area contributed by atoms with Gasteiger partial charge in [0.25, 0.3) is 0 Å². The fourth-order valence-electron chi connectivity index (χ4n) is 1.04. The molecule has 0 saturated heterocycles. The zero-order valence-electron chi connectivity index (χ0n) is 8.59. The van der Waals surface area contributed by atoms with E-state index in [1.54, 1.807) is 7.11 Å². The van der Waals surface area contributed by atoms with Crippen LogP contribution in [0.5, 0.6) is 5.75 Å². The molecule has 1 aromatic rings. The van der Waals surface area contributed by atoms with Crippen molar-refractivity contribution in [1.29, 1.82) is 0 Å². The van der Waals surface area contributed by atoms with Crippen LogP contribution in [0.1, 0.15) is 6.92 Å². The number of halogens is 2. The third-order valence-corrected chi connectivity index (χ3v) is 2.81. The highest BCUT2D eigenvalue weighted by atomic mass is 79.9. The largest absolute Gasteiger partial charge is 0.491 e. The number of rotatable bonds is 5. The molecule has 1 rings (SSSR count). The van der Waals surface area contributed by atoms with Crippen LogP contribution in [0.2, 0.25) is 0 Å². The smallest absolute Gasteiger partial charge is 0.133 e. The monoisotopic (exact) mass is 337 g/mol. The Morgan fingerprint density at radius 2 is 2.13 bits per heavy atom. The third-order valence-electron chi connectivity index (χ3n) is 1.70. The molecule has 0 aliphatic heterocycles. The minimum Gasteiger partial charge on any atom is -0.491 e. The molecular weight excluding hydrogens is 326 g/mol. The number of ether oxygens (including phenoxy) is 1. The molecule has 0 radical (unpaired) electrons. The molecule has 0 fully saturated rings. The van der Waals surface area contributed by atoms with Gasteiger partial charge in [0.15, 0.2) is 0 Å². The number of hydrogen-bond acceptors (Lipinski definition) is 3. The van der Waals surface area contributed by atoms with E-state index in [-0.39, 0.29) is 6.04 Å². The lowest BCUT2D eigenvalue weighted by Crippen LogP contribution is -2.30. The summed E-state index contributed by atoms with van der Waals surface area (Å²) in [7, 11) is 1.59. The first kappa shape index (κ1) is 13.0. The number of hydroxylamine groups is 1. The van der Waals surface area contributed by atoms with Crippen LogP contribution in [0.15, 0.2) is 27.1 Å². The molecule has 0 aliphatic carbocycles. The van der Waals surface area contributed by atoms with Gasteiger partial charge < -0.3 is 9.57 Å². The predicted octanol–water partition coefficient (Wildman–Crippen LogP) is 3.13. The zero-order chi connectivity index (χ0) is 11.3. The fourth-order valence-corrected chi connectivity index (χ4v) is 2.20. The summed E-state index contributed by atoms with van der Waals surface area (Å²) in [5.74, 6) is 0.822. The Morgan fingerprint density at radius 1 is 1.40 bits per heavy atom. The molecule has 0 spiro atoms. The van der Waals surface area contributed by atoms with E-state index < -0.39 is 0 Å². The Labute approximate surface area is 106 Å². The van der Waals surface area contributed by atoms with Gasteiger partial charge in [-0.1, -0.05) is 15.9 Å². The molecule has 3 nitrogen and oxygen atoms in total. The summed E-state index contributed by atoms with van der Waals surface area (Å²) < 4.78 is 7.55. The summed E-state index contributed by atoms with van der Waals surface area (Å²) in [5.41, 5.74) is 2.80. The Bertz CT molecular complexity index is 320. The van der Waals surface area contributed by atoms with Gasteiger partial charge in [-0.05, 0) is 41.1 Å². The van der Waals surface area contributed by atoms with Crippen molar-refractivity contribution in [3.05, 3.63) is 27.1 Å². The second-order valence-corrected chi connectivity index (χ2v) is 4.88. The number of hydrogen-bond donors (Lipinski definition) is 1. The maximum Gasteiger partial charge on any atom is 0.133 e. The van der Waals surface area contributed by atoms with Gasteiger partial charge in [0.05, 0.1) is 17.6 Å². The van der Waals surface area contributed by atoms with Crippen molar-refractivity contribution in [1.82, 2.24) is 5.48 Å². The first-order valence-corrected chi connectivity index (χ1v) is 6.08. The molecule has 0 saturated carbocycles. The van der Waals surface area contributed by atoms with Crippen LogP contribution >= 0.6 is 31.9 Å². The molecule has 0 aromatic heterocycles. The zero-order valence-corrected chi connectivity index (χ0v) is 11.8. The predicted molar refractivity (Wildman–Crippen MR) is 66.9 cm³/mol. The van der Waals surface area contributed by atoms with Crippen LogP contribution in [-0.4, -0.2) is 19.8 Å². The SMILES string of the molecule is CONC(C)COc1ccc(Br)cc1Br. The van der Waals surface area contributed by atoms with Crippen molar-refractivity contribution in [2.45, 2.75) is 13.0 Å². The lowest BCUT2D eigenvalue weighted by molar-refractivity contribution is 0.0501. The number of nitrogens with one attached hydrogen (secondary N) is 1. The maximum absolute atomic E-state index is 5.60. The van der Waals surface area contributed by atoms with Gasteiger partial charge in [0.2, 0.25) is 0 Å². The van der Waals surface area contributed by atoms with E-state index in [0.717, 1.165) is 14.7 Å². The van der Waals surface area contributed by atoms with Gasteiger partial charge in [-0.25, -0.2) is 0 Å². The van der Waals surface area contributed by atoms with Crippen molar-refractivity contribution < 1.29 is 9.57 Å². The summed E-state index contributed by atoms with van der Waals surface area (Å²) in [5, 5.41) is 0. The summed E-state index contributed by atoms with van der Waals surface area (Å²) in [4.78, 5) is 4.79. The Morgan fingerprint density at radius 3 is 2.73 bits per heavy atom. The maximum atomic E-state index is 5.60. The van der Waals surface area contributed by atoms with E-state index in [1.165, 1.54) is 0 Å². The molecule has 1 aromatic carbocycles. The minimum atomic E-state index is 0.144. The Kier molecular flexibility index (Phi) is 5.60. The van der Waals surface area contributed by atoms with E-state index >= 15 is 0 Å². The number of benzene rings is 1. The summed E-state index contributed by atoms with van der Waals surface area (Å²) >= 11 is 6.81. The molecule has 0 amide bonds.